The highest BCUT2D eigenvalue weighted by atomic mass is 15.0. The van der Waals surface area contributed by atoms with Gasteiger partial charge in [0.1, 0.15) is 5.82 Å². The first kappa shape index (κ1) is 13.6. The second-order valence-electron chi connectivity index (χ2n) is 5.51. The van der Waals surface area contributed by atoms with Gasteiger partial charge in [0, 0.05) is 12.7 Å². The van der Waals surface area contributed by atoms with E-state index in [1.54, 1.807) is 0 Å². The van der Waals surface area contributed by atoms with Crippen molar-refractivity contribution in [2.75, 3.05) is 5.32 Å². The lowest BCUT2D eigenvalue weighted by Gasteiger charge is -2.22. The molecule has 0 saturated heterocycles. The third-order valence-electron chi connectivity index (χ3n) is 3.75. The number of nitrogens with zero attached hydrogens (tertiary/aromatic N) is 1. The molecule has 0 bridgehead atoms. The summed E-state index contributed by atoms with van der Waals surface area (Å²) in [4.78, 5) is 4.50. The van der Waals surface area contributed by atoms with E-state index in [0.717, 1.165) is 18.8 Å². The summed E-state index contributed by atoms with van der Waals surface area (Å²) in [6.07, 6.45) is 3.10. The summed E-state index contributed by atoms with van der Waals surface area (Å²) < 4.78 is 0. The number of rotatable bonds is 5. The largest absolute Gasteiger partial charge is 0.366 e. The molecule has 0 aliphatic heterocycles. The third kappa shape index (κ3) is 3.57. The molecule has 0 aliphatic rings. The molecule has 2 aromatic rings. The SMILES string of the molecule is CCC(C)(C)c1ccc(NCc2ccccc2)nc1. The fourth-order valence-electron chi connectivity index (χ4n) is 1.89. The van der Waals surface area contributed by atoms with E-state index in [9.17, 15) is 0 Å². The molecule has 0 saturated carbocycles. The zero-order valence-electron chi connectivity index (χ0n) is 12.0. The van der Waals surface area contributed by atoms with Crippen molar-refractivity contribution in [1.82, 2.24) is 4.98 Å². The van der Waals surface area contributed by atoms with Gasteiger partial charge in [0.05, 0.1) is 0 Å². The standard InChI is InChI=1S/C17H22N2/c1-4-17(2,3)15-10-11-16(19-13-15)18-12-14-8-6-5-7-9-14/h5-11,13H,4,12H2,1-3H3,(H,18,19). The van der Waals surface area contributed by atoms with E-state index in [4.69, 9.17) is 0 Å². The molecule has 100 valence electrons. The van der Waals surface area contributed by atoms with Crippen molar-refractivity contribution in [3.05, 3.63) is 59.8 Å². The predicted octanol–water partition coefficient (Wildman–Crippen LogP) is 4.38. The summed E-state index contributed by atoms with van der Waals surface area (Å²) in [7, 11) is 0. The normalized spacial score (nSPS) is 11.3. The number of nitrogens with one attached hydrogen (secondary N) is 1. The summed E-state index contributed by atoms with van der Waals surface area (Å²) in [6.45, 7) is 7.52. The molecular weight excluding hydrogens is 232 g/mol. The van der Waals surface area contributed by atoms with Crippen LogP contribution in [0.4, 0.5) is 5.82 Å². The molecule has 0 unspecified atom stereocenters. The lowest BCUT2D eigenvalue weighted by Crippen LogP contribution is -2.15. The van der Waals surface area contributed by atoms with Gasteiger partial charge in [0.2, 0.25) is 0 Å². The minimum Gasteiger partial charge on any atom is -0.366 e. The van der Waals surface area contributed by atoms with E-state index in [-0.39, 0.29) is 5.41 Å². The lowest BCUT2D eigenvalue weighted by atomic mass is 9.83. The van der Waals surface area contributed by atoms with Crippen molar-refractivity contribution in [2.24, 2.45) is 0 Å². The number of anilines is 1. The van der Waals surface area contributed by atoms with E-state index in [1.807, 2.05) is 12.3 Å². The van der Waals surface area contributed by atoms with Gasteiger partial charge < -0.3 is 5.32 Å². The molecule has 19 heavy (non-hydrogen) atoms. The van der Waals surface area contributed by atoms with Crippen LogP contribution in [0.5, 0.6) is 0 Å². The van der Waals surface area contributed by atoms with Crippen LogP contribution < -0.4 is 5.32 Å². The molecular formula is C17H22N2. The van der Waals surface area contributed by atoms with Crippen molar-refractivity contribution >= 4 is 5.82 Å². The Morgan fingerprint density at radius 1 is 1.05 bits per heavy atom. The van der Waals surface area contributed by atoms with Crippen LogP contribution in [0.2, 0.25) is 0 Å². The van der Waals surface area contributed by atoms with Gasteiger partial charge in [-0.15, -0.1) is 0 Å². The van der Waals surface area contributed by atoms with Crippen LogP contribution in [0.25, 0.3) is 0 Å². The average molecular weight is 254 g/mol. The van der Waals surface area contributed by atoms with Gasteiger partial charge in [0.25, 0.3) is 0 Å². The van der Waals surface area contributed by atoms with Gasteiger partial charge in [-0.05, 0) is 29.0 Å². The maximum absolute atomic E-state index is 4.50. The van der Waals surface area contributed by atoms with Crippen molar-refractivity contribution < 1.29 is 0 Å². The predicted molar refractivity (Wildman–Crippen MR) is 81.3 cm³/mol. The zero-order chi connectivity index (χ0) is 13.7. The summed E-state index contributed by atoms with van der Waals surface area (Å²) >= 11 is 0. The second-order valence-corrected chi connectivity index (χ2v) is 5.51. The van der Waals surface area contributed by atoms with E-state index in [2.05, 4.69) is 67.5 Å². The lowest BCUT2D eigenvalue weighted by molar-refractivity contribution is 0.504. The quantitative estimate of drug-likeness (QED) is 0.856. The fraction of sp³-hybridized carbons (Fsp3) is 0.353. The van der Waals surface area contributed by atoms with Crippen molar-refractivity contribution in [1.29, 1.82) is 0 Å². The fourth-order valence-corrected chi connectivity index (χ4v) is 1.89. The topological polar surface area (TPSA) is 24.9 Å². The Morgan fingerprint density at radius 3 is 2.37 bits per heavy atom. The van der Waals surface area contributed by atoms with Crippen LogP contribution in [0.15, 0.2) is 48.7 Å². The monoisotopic (exact) mass is 254 g/mol. The highest BCUT2D eigenvalue weighted by molar-refractivity contribution is 5.38. The van der Waals surface area contributed by atoms with Gasteiger partial charge >= 0.3 is 0 Å². The van der Waals surface area contributed by atoms with Crippen LogP contribution in [-0.4, -0.2) is 4.98 Å². The zero-order valence-corrected chi connectivity index (χ0v) is 12.0. The maximum Gasteiger partial charge on any atom is 0.126 e. The van der Waals surface area contributed by atoms with Crippen LogP contribution >= 0.6 is 0 Å². The third-order valence-corrected chi connectivity index (χ3v) is 3.75. The Balaban J connectivity index is 2.00. The van der Waals surface area contributed by atoms with Gasteiger partial charge in [0.15, 0.2) is 0 Å². The highest BCUT2D eigenvalue weighted by Gasteiger charge is 2.17. The minimum absolute atomic E-state index is 0.199. The van der Waals surface area contributed by atoms with Crippen LogP contribution in [0.3, 0.4) is 0 Å². The summed E-state index contributed by atoms with van der Waals surface area (Å²) in [6, 6.07) is 14.6. The first-order chi connectivity index (χ1) is 9.12. The highest BCUT2D eigenvalue weighted by Crippen LogP contribution is 2.26. The van der Waals surface area contributed by atoms with E-state index in [0.29, 0.717) is 0 Å². The first-order valence-electron chi connectivity index (χ1n) is 6.86. The maximum atomic E-state index is 4.50. The Hall–Kier alpha value is -1.83. The van der Waals surface area contributed by atoms with Gasteiger partial charge in [-0.25, -0.2) is 4.98 Å². The van der Waals surface area contributed by atoms with Crippen LogP contribution in [-0.2, 0) is 12.0 Å². The summed E-state index contributed by atoms with van der Waals surface area (Å²) in [5.41, 5.74) is 2.76. The van der Waals surface area contributed by atoms with Gasteiger partial charge in [-0.2, -0.15) is 0 Å². The van der Waals surface area contributed by atoms with Gasteiger partial charge in [-0.3, -0.25) is 0 Å². The molecule has 0 fully saturated rings. The van der Waals surface area contributed by atoms with Crippen LogP contribution in [0.1, 0.15) is 38.3 Å². The molecule has 1 heterocycles. The van der Waals surface area contributed by atoms with Crippen molar-refractivity contribution in [2.45, 2.75) is 39.2 Å². The smallest absolute Gasteiger partial charge is 0.126 e. The molecule has 1 aromatic heterocycles. The van der Waals surface area contributed by atoms with Crippen LogP contribution in [0, 0.1) is 0 Å². The Kier molecular flexibility index (Phi) is 4.20. The molecule has 1 aromatic carbocycles. The second kappa shape index (κ2) is 5.87. The minimum atomic E-state index is 0.199. The number of pyridine rings is 1. The van der Waals surface area contributed by atoms with Crippen molar-refractivity contribution in [3.8, 4) is 0 Å². The average Bonchev–Trinajstić information content (AvgIpc) is 2.47. The molecule has 0 spiro atoms. The molecule has 2 heteroatoms. The number of aromatic nitrogens is 1. The molecule has 0 radical (unpaired) electrons. The molecule has 2 rings (SSSR count). The Bertz CT molecular complexity index is 501. The summed E-state index contributed by atoms with van der Waals surface area (Å²) in [5.74, 6) is 0.930. The van der Waals surface area contributed by atoms with E-state index in [1.165, 1.54) is 11.1 Å². The first-order valence-corrected chi connectivity index (χ1v) is 6.86. The molecule has 0 atom stereocenters. The molecule has 1 N–H and O–H groups in total. The van der Waals surface area contributed by atoms with E-state index >= 15 is 0 Å². The number of hydrogen-bond acceptors (Lipinski definition) is 2. The molecule has 0 amide bonds. The van der Waals surface area contributed by atoms with Crippen molar-refractivity contribution in [3.63, 3.8) is 0 Å². The Morgan fingerprint density at radius 2 is 1.79 bits per heavy atom. The molecule has 2 nitrogen and oxygen atoms in total. The Labute approximate surface area is 115 Å². The van der Waals surface area contributed by atoms with E-state index < -0.39 is 0 Å². The number of benzene rings is 1. The number of hydrogen-bond donors (Lipinski definition) is 1. The summed E-state index contributed by atoms with van der Waals surface area (Å²) in [5, 5.41) is 3.35. The molecule has 0 aliphatic carbocycles. The van der Waals surface area contributed by atoms with Gasteiger partial charge in [-0.1, -0.05) is 57.2 Å².